The molecule has 114 valence electrons. The van der Waals surface area contributed by atoms with Gasteiger partial charge in [-0.25, -0.2) is 0 Å². The summed E-state index contributed by atoms with van der Waals surface area (Å²) in [6.45, 7) is 9.35. The quantitative estimate of drug-likeness (QED) is 0.756. The fourth-order valence-corrected chi connectivity index (χ4v) is 1.83. The highest BCUT2D eigenvalue weighted by Crippen LogP contribution is 2.04. The van der Waals surface area contributed by atoms with Crippen molar-refractivity contribution in [3.05, 3.63) is 11.9 Å². The maximum Gasteiger partial charge on any atom is 0.273 e. The van der Waals surface area contributed by atoms with E-state index in [1.807, 2.05) is 13.8 Å². The van der Waals surface area contributed by atoms with Crippen molar-refractivity contribution in [2.45, 2.75) is 53.2 Å². The number of rotatable bonds is 8. The third-order valence-electron chi connectivity index (χ3n) is 2.95. The highest BCUT2D eigenvalue weighted by atomic mass is 16.3. The lowest BCUT2D eigenvalue weighted by atomic mass is 10.1. The Kier molecular flexibility index (Phi) is 6.64. The van der Waals surface area contributed by atoms with Crippen LogP contribution in [-0.4, -0.2) is 38.7 Å². The van der Waals surface area contributed by atoms with Crippen LogP contribution in [-0.2, 0) is 6.54 Å². The molecule has 0 aliphatic heterocycles. The number of aromatic nitrogens is 3. The van der Waals surface area contributed by atoms with Crippen LogP contribution in [0.4, 0.5) is 0 Å². The summed E-state index contributed by atoms with van der Waals surface area (Å²) in [5.41, 5.74) is 0.297. The van der Waals surface area contributed by atoms with E-state index in [4.69, 9.17) is 0 Å². The van der Waals surface area contributed by atoms with Gasteiger partial charge in [0.15, 0.2) is 5.69 Å². The van der Waals surface area contributed by atoms with Gasteiger partial charge in [0.1, 0.15) is 0 Å². The van der Waals surface area contributed by atoms with Crippen molar-refractivity contribution in [1.29, 1.82) is 0 Å². The molecule has 20 heavy (non-hydrogen) atoms. The average Bonchev–Trinajstić information content (AvgIpc) is 2.81. The van der Waals surface area contributed by atoms with E-state index in [-0.39, 0.29) is 12.5 Å². The van der Waals surface area contributed by atoms with Gasteiger partial charge in [0.05, 0.1) is 12.3 Å². The molecular weight excluding hydrogens is 256 g/mol. The van der Waals surface area contributed by atoms with Gasteiger partial charge in [0, 0.05) is 13.1 Å². The van der Waals surface area contributed by atoms with E-state index in [2.05, 4.69) is 29.5 Å². The number of aliphatic hydroxyl groups excluding tert-OH is 1. The number of carbonyl (C=O) groups is 1. The van der Waals surface area contributed by atoms with Gasteiger partial charge in [-0.1, -0.05) is 32.9 Å². The summed E-state index contributed by atoms with van der Waals surface area (Å²) in [6.07, 6.45) is 2.79. The maximum absolute atomic E-state index is 11.8. The van der Waals surface area contributed by atoms with Gasteiger partial charge in [-0.05, 0) is 24.7 Å². The molecule has 0 bridgehead atoms. The molecule has 1 atom stereocenters. The van der Waals surface area contributed by atoms with Gasteiger partial charge in [0.2, 0.25) is 0 Å². The van der Waals surface area contributed by atoms with Crippen molar-refractivity contribution in [3.63, 3.8) is 0 Å². The van der Waals surface area contributed by atoms with E-state index in [1.165, 1.54) is 0 Å². The number of aliphatic hydroxyl groups is 1. The van der Waals surface area contributed by atoms with E-state index in [9.17, 15) is 9.90 Å². The fraction of sp³-hybridized carbons (Fsp3) is 0.786. The summed E-state index contributed by atoms with van der Waals surface area (Å²) >= 11 is 0. The smallest absolute Gasteiger partial charge is 0.273 e. The normalized spacial score (nSPS) is 12.9. The number of amides is 1. The zero-order valence-corrected chi connectivity index (χ0v) is 12.8. The number of nitrogens with one attached hydrogen (secondary N) is 1. The monoisotopic (exact) mass is 282 g/mol. The Hall–Kier alpha value is -1.43. The van der Waals surface area contributed by atoms with Crippen molar-refractivity contribution in [2.75, 3.05) is 6.54 Å². The van der Waals surface area contributed by atoms with Gasteiger partial charge in [-0.3, -0.25) is 9.48 Å². The summed E-state index contributed by atoms with van der Waals surface area (Å²) in [7, 11) is 0. The van der Waals surface area contributed by atoms with Gasteiger partial charge in [-0.2, -0.15) is 0 Å². The van der Waals surface area contributed by atoms with Gasteiger partial charge < -0.3 is 10.4 Å². The second-order valence-corrected chi connectivity index (χ2v) is 6.04. The first kappa shape index (κ1) is 16.6. The van der Waals surface area contributed by atoms with Crippen molar-refractivity contribution >= 4 is 5.91 Å². The third kappa shape index (κ3) is 6.14. The summed E-state index contributed by atoms with van der Waals surface area (Å²) in [5.74, 6) is 0.699. The number of hydrogen-bond acceptors (Lipinski definition) is 4. The highest BCUT2D eigenvalue weighted by Gasteiger charge is 2.13. The van der Waals surface area contributed by atoms with Crippen LogP contribution in [0.2, 0.25) is 0 Å². The van der Waals surface area contributed by atoms with Crippen LogP contribution >= 0.6 is 0 Å². The SMILES string of the molecule is CC(C)CCn1cc(C(=O)NCC(O)CC(C)C)nn1. The molecular formula is C14H26N4O2. The minimum Gasteiger partial charge on any atom is -0.391 e. The largest absolute Gasteiger partial charge is 0.391 e. The average molecular weight is 282 g/mol. The van der Waals surface area contributed by atoms with Crippen LogP contribution in [0, 0.1) is 11.8 Å². The molecule has 0 radical (unpaired) electrons. The second kappa shape index (κ2) is 7.99. The molecule has 0 aliphatic rings. The zero-order chi connectivity index (χ0) is 15.1. The first-order valence-corrected chi connectivity index (χ1v) is 7.24. The molecule has 0 saturated carbocycles. The van der Waals surface area contributed by atoms with E-state index < -0.39 is 6.10 Å². The summed E-state index contributed by atoms with van der Waals surface area (Å²) in [4.78, 5) is 11.8. The van der Waals surface area contributed by atoms with Crippen LogP contribution in [0.3, 0.4) is 0 Å². The van der Waals surface area contributed by atoms with Crippen LogP contribution in [0.25, 0.3) is 0 Å². The lowest BCUT2D eigenvalue weighted by Gasteiger charge is -2.13. The van der Waals surface area contributed by atoms with E-state index >= 15 is 0 Å². The molecule has 0 spiro atoms. The molecule has 1 unspecified atom stereocenters. The number of carbonyl (C=O) groups excluding carboxylic acids is 1. The molecule has 1 aromatic rings. The predicted molar refractivity (Wildman–Crippen MR) is 77.3 cm³/mol. The molecule has 1 aromatic heterocycles. The Labute approximate surface area is 120 Å². The molecule has 1 heterocycles. The first-order chi connectivity index (χ1) is 9.38. The molecule has 2 N–H and O–H groups in total. The van der Waals surface area contributed by atoms with Gasteiger partial charge >= 0.3 is 0 Å². The first-order valence-electron chi connectivity index (χ1n) is 7.24. The molecule has 1 rings (SSSR count). The highest BCUT2D eigenvalue weighted by molar-refractivity contribution is 5.91. The minimum atomic E-state index is -0.519. The Balaban J connectivity index is 2.40. The van der Waals surface area contributed by atoms with Crippen LogP contribution in [0.15, 0.2) is 6.20 Å². The van der Waals surface area contributed by atoms with Crippen molar-refractivity contribution in [1.82, 2.24) is 20.3 Å². The Morgan fingerprint density at radius 3 is 2.65 bits per heavy atom. The number of nitrogens with zero attached hydrogens (tertiary/aromatic N) is 3. The van der Waals surface area contributed by atoms with E-state index in [0.29, 0.717) is 24.0 Å². The number of aryl methyl sites for hydroxylation is 1. The predicted octanol–water partition coefficient (Wildman–Crippen LogP) is 1.46. The zero-order valence-electron chi connectivity index (χ0n) is 12.8. The molecule has 0 aromatic carbocycles. The summed E-state index contributed by atoms with van der Waals surface area (Å²) in [5, 5.41) is 20.2. The molecule has 0 saturated heterocycles. The Morgan fingerprint density at radius 2 is 2.05 bits per heavy atom. The van der Waals surface area contributed by atoms with E-state index in [0.717, 1.165) is 13.0 Å². The standard InChI is InChI=1S/C14H26N4O2/c1-10(2)5-6-18-9-13(16-17-18)14(20)15-8-12(19)7-11(3)4/h9-12,19H,5-8H2,1-4H3,(H,15,20). The van der Waals surface area contributed by atoms with E-state index in [1.54, 1.807) is 10.9 Å². The molecule has 0 fully saturated rings. The van der Waals surface area contributed by atoms with Gasteiger partial charge in [0.25, 0.3) is 5.91 Å². The number of hydrogen-bond donors (Lipinski definition) is 2. The third-order valence-corrected chi connectivity index (χ3v) is 2.95. The molecule has 0 aliphatic carbocycles. The topological polar surface area (TPSA) is 80.0 Å². The van der Waals surface area contributed by atoms with Crippen LogP contribution < -0.4 is 5.32 Å². The molecule has 6 heteroatoms. The second-order valence-electron chi connectivity index (χ2n) is 6.04. The lowest BCUT2D eigenvalue weighted by Crippen LogP contribution is -2.33. The fourth-order valence-electron chi connectivity index (χ4n) is 1.83. The molecule has 6 nitrogen and oxygen atoms in total. The van der Waals surface area contributed by atoms with Crippen LogP contribution in [0.1, 0.15) is 51.0 Å². The lowest BCUT2D eigenvalue weighted by molar-refractivity contribution is 0.0895. The molecule has 1 amide bonds. The van der Waals surface area contributed by atoms with Crippen molar-refractivity contribution in [2.24, 2.45) is 11.8 Å². The Bertz CT molecular complexity index is 415. The van der Waals surface area contributed by atoms with Crippen LogP contribution in [0.5, 0.6) is 0 Å². The Morgan fingerprint density at radius 1 is 1.35 bits per heavy atom. The minimum absolute atomic E-state index is 0.246. The van der Waals surface area contributed by atoms with Gasteiger partial charge in [-0.15, -0.1) is 5.10 Å². The summed E-state index contributed by atoms with van der Waals surface area (Å²) in [6, 6.07) is 0. The summed E-state index contributed by atoms with van der Waals surface area (Å²) < 4.78 is 1.68. The maximum atomic E-state index is 11.8. The van der Waals surface area contributed by atoms with Crippen molar-refractivity contribution in [3.8, 4) is 0 Å². The van der Waals surface area contributed by atoms with Crippen molar-refractivity contribution < 1.29 is 9.90 Å².